The highest BCUT2D eigenvalue weighted by Crippen LogP contribution is 2.31. The minimum atomic E-state index is 0.535. The molecule has 172 valence electrons. The first-order valence-electron chi connectivity index (χ1n) is 12.1. The Labute approximate surface area is 186 Å². The molecule has 0 aliphatic carbocycles. The van der Waals surface area contributed by atoms with Crippen LogP contribution in [0.4, 0.5) is 0 Å². The third-order valence-electron chi connectivity index (χ3n) is 5.36. The van der Waals surface area contributed by atoms with Gasteiger partial charge in [0.05, 0.1) is 5.69 Å². The minimum absolute atomic E-state index is 0.535. The summed E-state index contributed by atoms with van der Waals surface area (Å²) < 4.78 is 0. The Morgan fingerprint density at radius 3 is 2.30 bits per heavy atom. The topological polar surface area (TPSA) is 63.0 Å². The molecule has 1 aromatic heterocycles. The maximum Gasteiger partial charge on any atom is 0.0513 e. The van der Waals surface area contributed by atoms with E-state index in [2.05, 4.69) is 55.9 Å². The van der Waals surface area contributed by atoms with Crippen LogP contribution < -0.4 is 16.4 Å². The highest BCUT2D eigenvalue weighted by molar-refractivity contribution is 5.67. The standard InChI is InChI=1S/C23H37N3.C2H6.CH5N/c1-5-9-19(10-6-2)23-22(18(7-3)11-16-25-23)17-20(8-4)26-21-12-14-24-15-13-21;2*1-2/h7,11,16-17,19,21,24,26H,3,5-6,8-10,12-15H2,1-2,4H3;1-2H3;2H2,1H3/b20-17+;;. The van der Waals surface area contributed by atoms with Gasteiger partial charge in [-0.25, -0.2) is 0 Å². The Kier molecular flexibility index (Phi) is 17.1. The second-order valence-electron chi connectivity index (χ2n) is 7.37. The molecule has 0 unspecified atom stereocenters. The lowest BCUT2D eigenvalue weighted by atomic mass is 9.89. The number of pyridine rings is 1. The summed E-state index contributed by atoms with van der Waals surface area (Å²) in [4.78, 5) is 4.83. The van der Waals surface area contributed by atoms with Crippen molar-refractivity contribution in [1.29, 1.82) is 0 Å². The van der Waals surface area contributed by atoms with E-state index in [4.69, 9.17) is 4.98 Å². The Bertz CT molecular complexity index is 583. The number of hydrogen-bond donors (Lipinski definition) is 3. The van der Waals surface area contributed by atoms with Gasteiger partial charge in [0, 0.05) is 29.4 Å². The van der Waals surface area contributed by atoms with Gasteiger partial charge in [-0.1, -0.05) is 60.1 Å². The van der Waals surface area contributed by atoms with Crippen LogP contribution in [0.2, 0.25) is 0 Å². The molecule has 1 saturated heterocycles. The van der Waals surface area contributed by atoms with Gasteiger partial charge in [0.2, 0.25) is 0 Å². The summed E-state index contributed by atoms with van der Waals surface area (Å²) in [5.74, 6) is 0.535. The van der Waals surface area contributed by atoms with Crippen molar-refractivity contribution in [1.82, 2.24) is 15.6 Å². The first-order valence-corrected chi connectivity index (χ1v) is 12.1. The molecular formula is C26H48N4. The van der Waals surface area contributed by atoms with Crippen molar-refractivity contribution in [3.05, 3.63) is 41.4 Å². The van der Waals surface area contributed by atoms with E-state index in [-0.39, 0.29) is 0 Å². The zero-order chi connectivity index (χ0) is 22.8. The van der Waals surface area contributed by atoms with E-state index < -0.39 is 0 Å². The molecule has 4 N–H and O–H groups in total. The SMILES string of the molecule is C=Cc1ccnc(C(CCC)CCC)c1/C=C(\CC)NC1CCNCC1.CC.CN. The number of nitrogens with one attached hydrogen (secondary N) is 2. The lowest BCUT2D eigenvalue weighted by Crippen LogP contribution is -2.39. The number of rotatable bonds is 10. The van der Waals surface area contributed by atoms with Crippen molar-refractivity contribution >= 4 is 12.2 Å². The molecule has 30 heavy (non-hydrogen) atoms. The summed E-state index contributed by atoms with van der Waals surface area (Å²) in [6.45, 7) is 17.0. The van der Waals surface area contributed by atoms with Crippen molar-refractivity contribution in [3.63, 3.8) is 0 Å². The van der Waals surface area contributed by atoms with Crippen molar-refractivity contribution < 1.29 is 0 Å². The molecule has 0 radical (unpaired) electrons. The second kappa shape index (κ2) is 18.1. The molecule has 1 fully saturated rings. The average molecular weight is 417 g/mol. The normalized spacial score (nSPS) is 14.3. The van der Waals surface area contributed by atoms with Crippen molar-refractivity contribution in [2.75, 3.05) is 20.1 Å². The van der Waals surface area contributed by atoms with Gasteiger partial charge in [0.25, 0.3) is 0 Å². The van der Waals surface area contributed by atoms with Crippen LogP contribution in [-0.4, -0.2) is 31.2 Å². The van der Waals surface area contributed by atoms with Gasteiger partial charge in [0.1, 0.15) is 0 Å². The van der Waals surface area contributed by atoms with Gasteiger partial charge in [0.15, 0.2) is 0 Å². The molecule has 0 aromatic carbocycles. The number of hydrogen-bond acceptors (Lipinski definition) is 4. The molecule has 4 nitrogen and oxygen atoms in total. The summed E-state index contributed by atoms with van der Waals surface area (Å²) in [6, 6.07) is 2.67. The first kappa shape index (κ1) is 28.4. The fourth-order valence-corrected chi connectivity index (χ4v) is 3.93. The molecule has 2 heterocycles. The van der Waals surface area contributed by atoms with E-state index in [0.29, 0.717) is 12.0 Å². The molecule has 4 heteroatoms. The third kappa shape index (κ3) is 9.44. The Morgan fingerprint density at radius 1 is 1.20 bits per heavy atom. The summed E-state index contributed by atoms with van der Waals surface area (Å²) in [5, 5.41) is 7.24. The number of piperidine rings is 1. The number of allylic oxidation sites excluding steroid dienone is 1. The zero-order valence-corrected chi connectivity index (χ0v) is 20.6. The Morgan fingerprint density at radius 2 is 1.80 bits per heavy atom. The Balaban J connectivity index is 0.00000198. The molecule has 0 amide bonds. The molecule has 0 spiro atoms. The molecule has 0 atom stereocenters. The highest BCUT2D eigenvalue weighted by Gasteiger charge is 2.18. The molecule has 1 aliphatic heterocycles. The maximum absolute atomic E-state index is 4.83. The predicted molar refractivity (Wildman–Crippen MR) is 136 cm³/mol. The molecule has 1 aromatic rings. The van der Waals surface area contributed by atoms with Gasteiger partial charge in [-0.05, 0) is 69.9 Å². The van der Waals surface area contributed by atoms with E-state index in [1.54, 1.807) is 0 Å². The van der Waals surface area contributed by atoms with E-state index in [0.717, 1.165) is 19.5 Å². The summed E-state index contributed by atoms with van der Waals surface area (Å²) >= 11 is 0. The summed E-state index contributed by atoms with van der Waals surface area (Å²) in [6.07, 6.45) is 14.5. The van der Waals surface area contributed by atoms with Crippen LogP contribution >= 0.6 is 0 Å². The van der Waals surface area contributed by atoms with Gasteiger partial charge in [-0.3, -0.25) is 4.98 Å². The van der Waals surface area contributed by atoms with Gasteiger partial charge in [-0.2, -0.15) is 0 Å². The van der Waals surface area contributed by atoms with Crippen LogP contribution in [0.1, 0.15) is 102 Å². The molecule has 2 rings (SSSR count). The first-order chi connectivity index (χ1) is 14.7. The predicted octanol–water partition coefficient (Wildman–Crippen LogP) is 6.10. The van der Waals surface area contributed by atoms with Gasteiger partial charge < -0.3 is 16.4 Å². The molecule has 0 bridgehead atoms. The van der Waals surface area contributed by atoms with Gasteiger partial charge in [-0.15, -0.1) is 0 Å². The second-order valence-corrected chi connectivity index (χ2v) is 7.37. The van der Waals surface area contributed by atoms with E-state index in [1.165, 1.54) is 68.1 Å². The lowest BCUT2D eigenvalue weighted by molar-refractivity contribution is 0.409. The monoisotopic (exact) mass is 416 g/mol. The Hall–Kier alpha value is -1.65. The fraction of sp³-hybridized carbons (Fsp3) is 0.654. The number of nitrogens with zero attached hydrogens (tertiary/aromatic N) is 1. The van der Waals surface area contributed by atoms with Crippen LogP contribution in [0, 0.1) is 0 Å². The smallest absolute Gasteiger partial charge is 0.0513 e. The van der Waals surface area contributed by atoms with E-state index >= 15 is 0 Å². The zero-order valence-electron chi connectivity index (χ0n) is 20.6. The van der Waals surface area contributed by atoms with E-state index in [9.17, 15) is 0 Å². The minimum Gasteiger partial charge on any atom is -0.386 e. The molecular weight excluding hydrogens is 368 g/mol. The molecule has 0 saturated carbocycles. The highest BCUT2D eigenvalue weighted by atomic mass is 15.0. The van der Waals surface area contributed by atoms with Crippen molar-refractivity contribution in [2.24, 2.45) is 5.73 Å². The maximum atomic E-state index is 4.83. The van der Waals surface area contributed by atoms with Crippen LogP contribution in [0.3, 0.4) is 0 Å². The number of aromatic nitrogens is 1. The van der Waals surface area contributed by atoms with Crippen LogP contribution in [0.5, 0.6) is 0 Å². The lowest BCUT2D eigenvalue weighted by Gasteiger charge is -2.26. The summed E-state index contributed by atoms with van der Waals surface area (Å²) in [5.41, 5.74) is 9.54. The van der Waals surface area contributed by atoms with Crippen LogP contribution in [0.15, 0.2) is 24.5 Å². The van der Waals surface area contributed by atoms with Crippen LogP contribution in [-0.2, 0) is 0 Å². The fourth-order valence-electron chi connectivity index (χ4n) is 3.93. The number of nitrogens with two attached hydrogens (primary N) is 1. The van der Waals surface area contributed by atoms with E-state index in [1.807, 2.05) is 26.1 Å². The third-order valence-corrected chi connectivity index (χ3v) is 5.36. The summed E-state index contributed by atoms with van der Waals surface area (Å²) in [7, 11) is 1.50. The van der Waals surface area contributed by atoms with Crippen LogP contribution in [0.25, 0.3) is 12.2 Å². The van der Waals surface area contributed by atoms with Gasteiger partial charge >= 0.3 is 0 Å². The largest absolute Gasteiger partial charge is 0.386 e. The van der Waals surface area contributed by atoms with Crippen molar-refractivity contribution in [3.8, 4) is 0 Å². The quantitative estimate of drug-likeness (QED) is 0.431. The average Bonchev–Trinajstić information content (AvgIpc) is 2.82. The van der Waals surface area contributed by atoms with Crippen molar-refractivity contribution in [2.45, 2.75) is 91.5 Å². The molecule has 1 aliphatic rings.